The van der Waals surface area contributed by atoms with E-state index in [0.29, 0.717) is 31.7 Å². The van der Waals surface area contributed by atoms with Gasteiger partial charge in [0.25, 0.3) is 0 Å². The van der Waals surface area contributed by atoms with Gasteiger partial charge in [-0.05, 0) is 12.8 Å². The van der Waals surface area contributed by atoms with Gasteiger partial charge in [0.2, 0.25) is 5.88 Å². The van der Waals surface area contributed by atoms with Crippen molar-refractivity contribution in [1.29, 1.82) is 0 Å². The molecule has 1 fully saturated rings. The number of rotatable bonds is 2. The van der Waals surface area contributed by atoms with Crippen LogP contribution in [-0.2, 0) is 4.74 Å². The van der Waals surface area contributed by atoms with Crippen molar-refractivity contribution in [3.8, 4) is 0 Å². The molecule has 0 amide bonds. The van der Waals surface area contributed by atoms with Gasteiger partial charge in [-0.25, -0.2) is 4.79 Å². The lowest BCUT2D eigenvalue weighted by Crippen LogP contribution is -2.36. The third-order valence-corrected chi connectivity index (χ3v) is 2.85. The molecule has 7 heteroatoms. The van der Waals surface area contributed by atoms with Crippen molar-refractivity contribution in [2.24, 2.45) is 0 Å². The van der Waals surface area contributed by atoms with Crippen LogP contribution < -0.4 is 10.6 Å². The highest BCUT2D eigenvalue weighted by Crippen LogP contribution is 2.27. The number of methoxy groups -OCH3 is 1. The Morgan fingerprint density at radius 3 is 2.82 bits per heavy atom. The van der Waals surface area contributed by atoms with E-state index >= 15 is 0 Å². The normalized spacial score (nSPS) is 17.2. The summed E-state index contributed by atoms with van der Waals surface area (Å²) in [6.45, 7) is 1.22. The summed E-state index contributed by atoms with van der Waals surface area (Å²) in [4.78, 5) is 13.4. The smallest absolute Gasteiger partial charge is 0.347 e. The maximum Gasteiger partial charge on any atom is 0.347 e. The Kier molecular flexibility index (Phi) is 3.19. The van der Waals surface area contributed by atoms with Crippen molar-refractivity contribution in [2.75, 3.05) is 30.8 Å². The lowest BCUT2D eigenvalue weighted by Gasteiger charge is -2.29. The van der Waals surface area contributed by atoms with Crippen molar-refractivity contribution in [1.82, 2.24) is 5.16 Å². The van der Waals surface area contributed by atoms with Crippen LogP contribution in [0.5, 0.6) is 0 Å². The van der Waals surface area contributed by atoms with Crippen LogP contribution in [0.3, 0.4) is 0 Å². The van der Waals surface area contributed by atoms with E-state index in [1.807, 2.05) is 4.90 Å². The minimum absolute atomic E-state index is 0.0435. The van der Waals surface area contributed by atoms with E-state index in [-0.39, 0.29) is 17.6 Å². The van der Waals surface area contributed by atoms with Crippen LogP contribution in [0.1, 0.15) is 23.2 Å². The molecule has 0 unspecified atom stereocenters. The molecule has 17 heavy (non-hydrogen) atoms. The van der Waals surface area contributed by atoms with Gasteiger partial charge in [-0.15, -0.1) is 0 Å². The molecule has 3 N–H and O–H groups in total. The zero-order valence-electron chi connectivity index (χ0n) is 9.55. The van der Waals surface area contributed by atoms with Gasteiger partial charge in [0.15, 0.2) is 11.4 Å². The molecule has 0 atom stereocenters. The van der Waals surface area contributed by atoms with E-state index in [1.54, 1.807) is 0 Å². The Hall–Kier alpha value is -1.76. The van der Waals surface area contributed by atoms with Crippen molar-refractivity contribution in [2.45, 2.75) is 18.9 Å². The highest BCUT2D eigenvalue weighted by atomic mass is 16.5. The first-order valence-electron chi connectivity index (χ1n) is 5.40. The number of esters is 1. The van der Waals surface area contributed by atoms with E-state index in [1.165, 1.54) is 7.11 Å². The lowest BCUT2D eigenvalue weighted by molar-refractivity contribution is 0.0602. The number of nitrogen functional groups attached to an aromatic ring is 1. The summed E-state index contributed by atoms with van der Waals surface area (Å²) in [6, 6.07) is 0. The van der Waals surface area contributed by atoms with E-state index in [4.69, 9.17) is 10.3 Å². The number of carbonyl (C=O) groups is 1. The molecule has 2 heterocycles. The fourth-order valence-electron chi connectivity index (χ4n) is 1.88. The first kappa shape index (κ1) is 11.7. The maximum absolute atomic E-state index is 11.5. The molecule has 94 valence electrons. The molecule has 2 rings (SSSR count). The van der Waals surface area contributed by atoms with Gasteiger partial charge in [0.1, 0.15) is 0 Å². The average molecular weight is 241 g/mol. The second-order valence-corrected chi connectivity index (χ2v) is 3.96. The third kappa shape index (κ3) is 2.19. The lowest BCUT2D eigenvalue weighted by atomic mass is 10.1. The summed E-state index contributed by atoms with van der Waals surface area (Å²) in [5.41, 5.74) is 5.70. The predicted octanol–water partition coefficient (Wildman–Crippen LogP) is 0.00450. The van der Waals surface area contributed by atoms with Gasteiger partial charge in [0, 0.05) is 13.1 Å². The van der Waals surface area contributed by atoms with Crippen LogP contribution in [0.4, 0.5) is 11.7 Å². The molecule has 1 aromatic heterocycles. The number of aromatic nitrogens is 1. The number of nitrogens with two attached hydrogens (primary N) is 1. The van der Waals surface area contributed by atoms with Gasteiger partial charge >= 0.3 is 5.97 Å². The van der Waals surface area contributed by atoms with Crippen LogP contribution in [-0.4, -0.2) is 42.5 Å². The molecule has 7 nitrogen and oxygen atoms in total. The fourth-order valence-corrected chi connectivity index (χ4v) is 1.88. The number of aliphatic hydroxyl groups is 1. The molecule has 1 aromatic rings. The highest BCUT2D eigenvalue weighted by molar-refractivity contribution is 5.99. The maximum atomic E-state index is 11.5. The number of anilines is 2. The summed E-state index contributed by atoms with van der Waals surface area (Å²) < 4.78 is 9.45. The molecule has 0 bridgehead atoms. The van der Waals surface area contributed by atoms with E-state index in [2.05, 4.69) is 9.89 Å². The highest BCUT2D eigenvalue weighted by Gasteiger charge is 2.28. The summed E-state index contributed by atoms with van der Waals surface area (Å²) >= 11 is 0. The van der Waals surface area contributed by atoms with Crippen LogP contribution in [0.25, 0.3) is 0 Å². The first-order valence-corrected chi connectivity index (χ1v) is 5.40. The predicted molar refractivity (Wildman–Crippen MR) is 59.7 cm³/mol. The Morgan fingerprint density at radius 1 is 1.59 bits per heavy atom. The summed E-state index contributed by atoms with van der Waals surface area (Å²) in [5, 5.41) is 13.2. The summed E-state index contributed by atoms with van der Waals surface area (Å²) in [6.07, 6.45) is 0.970. The third-order valence-electron chi connectivity index (χ3n) is 2.85. The Morgan fingerprint density at radius 2 is 2.24 bits per heavy atom. The average Bonchev–Trinajstić information content (AvgIpc) is 2.71. The van der Waals surface area contributed by atoms with Crippen molar-refractivity contribution >= 4 is 17.7 Å². The van der Waals surface area contributed by atoms with Crippen LogP contribution >= 0.6 is 0 Å². The quantitative estimate of drug-likeness (QED) is 0.703. The Bertz CT molecular complexity index is 410. The fraction of sp³-hybridized carbons (Fsp3) is 0.600. The zero-order valence-corrected chi connectivity index (χ0v) is 9.55. The Balaban J connectivity index is 2.23. The van der Waals surface area contributed by atoms with Crippen molar-refractivity contribution in [3.63, 3.8) is 0 Å². The standard InChI is InChI=1S/C10H15N3O4/c1-16-10(15)7-8(11)17-12-9(7)13-4-2-6(14)3-5-13/h6,14H,2-5,11H2,1H3. The molecule has 1 aliphatic rings. The Labute approximate surface area is 98.1 Å². The minimum Gasteiger partial charge on any atom is -0.465 e. The summed E-state index contributed by atoms with van der Waals surface area (Å²) in [7, 11) is 1.28. The largest absolute Gasteiger partial charge is 0.465 e. The first-order chi connectivity index (χ1) is 8.13. The molecular formula is C10H15N3O4. The molecule has 0 aliphatic carbocycles. The van der Waals surface area contributed by atoms with E-state index in [9.17, 15) is 9.90 Å². The van der Waals surface area contributed by atoms with Crippen LogP contribution in [0, 0.1) is 0 Å². The van der Waals surface area contributed by atoms with Gasteiger partial charge < -0.3 is 25.0 Å². The second-order valence-electron chi connectivity index (χ2n) is 3.96. The van der Waals surface area contributed by atoms with Gasteiger partial charge in [-0.1, -0.05) is 5.16 Å². The van der Waals surface area contributed by atoms with Crippen LogP contribution in [0.15, 0.2) is 4.52 Å². The van der Waals surface area contributed by atoms with Crippen molar-refractivity contribution < 1.29 is 19.2 Å². The minimum atomic E-state index is -0.565. The number of hydrogen-bond acceptors (Lipinski definition) is 7. The molecule has 1 saturated heterocycles. The van der Waals surface area contributed by atoms with Gasteiger partial charge in [-0.2, -0.15) is 0 Å². The second kappa shape index (κ2) is 4.62. The number of piperidine rings is 1. The number of nitrogens with zero attached hydrogens (tertiary/aromatic N) is 2. The monoisotopic (exact) mass is 241 g/mol. The van der Waals surface area contributed by atoms with Crippen LogP contribution in [0.2, 0.25) is 0 Å². The molecule has 0 aromatic carbocycles. The van der Waals surface area contributed by atoms with E-state index < -0.39 is 5.97 Å². The number of hydrogen-bond donors (Lipinski definition) is 2. The van der Waals surface area contributed by atoms with Crippen molar-refractivity contribution in [3.05, 3.63) is 5.56 Å². The zero-order chi connectivity index (χ0) is 12.4. The van der Waals surface area contributed by atoms with Gasteiger partial charge in [0.05, 0.1) is 13.2 Å². The molecular weight excluding hydrogens is 226 g/mol. The summed E-state index contributed by atoms with van der Waals surface area (Å²) in [5.74, 6) is -0.218. The molecule has 0 radical (unpaired) electrons. The number of ether oxygens (including phenoxy) is 1. The van der Waals surface area contributed by atoms with E-state index in [0.717, 1.165) is 0 Å². The topological polar surface area (TPSA) is 102 Å². The SMILES string of the molecule is COC(=O)c1c(N2CCC(O)CC2)noc1N. The number of aliphatic hydroxyl groups excluding tert-OH is 1. The van der Waals surface area contributed by atoms with Gasteiger partial charge in [-0.3, -0.25) is 0 Å². The number of carbonyl (C=O) groups excluding carboxylic acids is 1. The molecule has 0 saturated carbocycles. The molecule has 1 aliphatic heterocycles. The molecule has 0 spiro atoms.